The lowest BCUT2D eigenvalue weighted by atomic mass is 9.96. The maximum Gasteiger partial charge on any atom is 0.229 e. The average Bonchev–Trinajstić information content (AvgIpc) is 3.44. The predicted molar refractivity (Wildman–Crippen MR) is 118 cm³/mol. The summed E-state index contributed by atoms with van der Waals surface area (Å²) in [6.07, 6.45) is 4.08. The molecule has 0 bridgehead atoms. The van der Waals surface area contributed by atoms with Crippen LogP contribution in [-0.4, -0.2) is 67.2 Å². The number of hydrogen-bond acceptors (Lipinski definition) is 9. The summed E-state index contributed by atoms with van der Waals surface area (Å²) in [6.45, 7) is 7.00. The Morgan fingerprint density at radius 1 is 1.16 bits per heavy atom. The molecule has 2 aliphatic heterocycles. The van der Waals surface area contributed by atoms with Crippen molar-refractivity contribution in [2.75, 3.05) is 36.4 Å². The van der Waals surface area contributed by atoms with Crippen LogP contribution in [0.1, 0.15) is 38.3 Å². The summed E-state index contributed by atoms with van der Waals surface area (Å²) >= 11 is 1.52. The first-order valence-electron chi connectivity index (χ1n) is 10.9. The van der Waals surface area contributed by atoms with Gasteiger partial charge in [0.25, 0.3) is 0 Å². The van der Waals surface area contributed by atoms with E-state index in [2.05, 4.69) is 53.0 Å². The van der Waals surface area contributed by atoms with Gasteiger partial charge in [0.1, 0.15) is 0 Å². The van der Waals surface area contributed by atoms with Gasteiger partial charge in [-0.3, -0.25) is 9.69 Å². The van der Waals surface area contributed by atoms with Gasteiger partial charge >= 0.3 is 0 Å². The van der Waals surface area contributed by atoms with E-state index in [4.69, 9.17) is 0 Å². The van der Waals surface area contributed by atoms with E-state index in [-0.39, 0.29) is 11.8 Å². The van der Waals surface area contributed by atoms with E-state index in [1.54, 1.807) is 0 Å². The molecule has 5 heterocycles. The summed E-state index contributed by atoms with van der Waals surface area (Å²) in [5, 5.41) is 21.6. The van der Waals surface area contributed by atoms with Gasteiger partial charge in [-0.15, -0.1) is 26.2 Å². The summed E-state index contributed by atoms with van der Waals surface area (Å²) in [5.74, 6) is 1.71. The number of amides is 1. The number of anilines is 2. The SMILES string of the molecule is CC1CCN(Cc2csc(NC(=O)C3CCN(c4ccc5nnnn5n4)CC3)n2)CC1. The Kier molecular flexibility index (Phi) is 5.77. The van der Waals surface area contributed by atoms with Crippen molar-refractivity contribution in [1.29, 1.82) is 0 Å². The smallest absolute Gasteiger partial charge is 0.229 e. The molecule has 3 aromatic heterocycles. The van der Waals surface area contributed by atoms with Crippen molar-refractivity contribution >= 4 is 33.8 Å². The maximum atomic E-state index is 12.8. The summed E-state index contributed by atoms with van der Waals surface area (Å²) in [7, 11) is 0. The van der Waals surface area contributed by atoms with Crippen LogP contribution in [0, 0.1) is 11.8 Å². The van der Waals surface area contributed by atoms with E-state index in [0.29, 0.717) is 10.8 Å². The van der Waals surface area contributed by atoms with Crippen LogP contribution in [0.5, 0.6) is 0 Å². The number of carbonyl (C=O) groups is 1. The van der Waals surface area contributed by atoms with Gasteiger partial charge < -0.3 is 10.2 Å². The standard InChI is InChI=1S/C20H27N9OS/c1-14-4-8-27(9-5-14)12-16-13-31-20(21-16)22-19(30)15-6-10-28(11-7-15)18-3-2-17-23-25-26-29(17)24-18/h2-3,13-15H,4-12H2,1H3,(H,21,22,30). The Morgan fingerprint density at radius 3 is 2.77 bits per heavy atom. The molecule has 5 rings (SSSR count). The Bertz CT molecular complexity index is 1030. The third-order valence-electron chi connectivity index (χ3n) is 6.29. The number of piperidine rings is 2. The van der Waals surface area contributed by atoms with Gasteiger partial charge in [0.2, 0.25) is 5.91 Å². The molecule has 2 aliphatic rings. The number of hydrogen-bond donors (Lipinski definition) is 1. The highest BCUT2D eigenvalue weighted by molar-refractivity contribution is 7.13. The molecule has 1 N–H and O–H groups in total. The summed E-state index contributed by atoms with van der Waals surface area (Å²) in [5.41, 5.74) is 1.67. The quantitative estimate of drug-likeness (QED) is 0.642. The van der Waals surface area contributed by atoms with Gasteiger partial charge in [0.05, 0.1) is 5.69 Å². The molecule has 164 valence electrons. The van der Waals surface area contributed by atoms with Gasteiger partial charge in [-0.2, -0.15) is 0 Å². The van der Waals surface area contributed by atoms with Gasteiger partial charge in [-0.25, -0.2) is 4.98 Å². The molecule has 0 unspecified atom stereocenters. The molecule has 0 atom stereocenters. The third kappa shape index (κ3) is 4.67. The number of likely N-dealkylation sites (tertiary alicyclic amines) is 1. The van der Waals surface area contributed by atoms with Crippen LogP contribution in [0.2, 0.25) is 0 Å². The largest absolute Gasteiger partial charge is 0.355 e. The van der Waals surface area contributed by atoms with Crippen LogP contribution in [0.25, 0.3) is 5.65 Å². The lowest BCUT2D eigenvalue weighted by molar-refractivity contribution is -0.120. The van der Waals surface area contributed by atoms with Crippen LogP contribution in [0.4, 0.5) is 10.9 Å². The molecular formula is C20H27N9OS. The molecule has 2 saturated heterocycles. The van der Waals surface area contributed by atoms with Crippen LogP contribution >= 0.6 is 11.3 Å². The fourth-order valence-electron chi connectivity index (χ4n) is 4.27. The monoisotopic (exact) mass is 441 g/mol. The Labute approximate surface area is 184 Å². The fraction of sp³-hybridized carbons (Fsp3) is 0.600. The van der Waals surface area contributed by atoms with E-state index in [1.165, 1.54) is 28.8 Å². The molecule has 2 fully saturated rings. The van der Waals surface area contributed by atoms with Crippen molar-refractivity contribution in [2.45, 2.75) is 39.2 Å². The molecule has 11 heteroatoms. The van der Waals surface area contributed by atoms with Crippen molar-refractivity contribution in [3.05, 3.63) is 23.2 Å². The predicted octanol–water partition coefficient (Wildman–Crippen LogP) is 2.06. The minimum atomic E-state index is -0.0102. The minimum absolute atomic E-state index is 0.0102. The maximum absolute atomic E-state index is 12.8. The first-order chi connectivity index (χ1) is 15.1. The molecule has 0 spiro atoms. The zero-order chi connectivity index (χ0) is 21.2. The van der Waals surface area contributed by atoms with E-state index in [0.717, 1.165) is 63.0 Å². The van der Waals surface area contributed by atoms with E-state index >= 15 is 0 Å². The highest BCUT2D eigenvalue weighted by Crippen LogP contribution is 2.25. The van der Waals surface area contributed by atoms with Crippen molar-refractivity contribution in [3.63, 3.8) is 0 Å². The highest BCUT2D eigenvalue weighted by atomic mass is 32.1. The number of carbonyl (C=O) groups excluding carboxylic acids is 1. The van der Waals surface area contributed by atoms with Gasteiger partial charge in [-0.1, -0.05) is 6.92 Å². The molecule has 0 aromatic carbocycles. The highest BCUT2D eigenvalue weighted by Gasteiger charge is 2.26. The number of thiazole rings is 1. The fourth-order valence-corrected chi connectivity index (χ4v) is 4.98. The zero-order valence-electron chi connectivity index (χ0n) is 17.6. The van der Waals surface area contributed by atoms with Gasteiger partial charge in [0.15, 0.2) is 16.6 Å². The lowest BCUT2D eigenvalue weighted by Gasteiger charge is -2.31. The van der Waals surface area contributed by atoms with Gasteiger partial charge in [-0.05, 0) is 67.3 Å². The van der Waals surface area contributed by atoms with Crippen molar-refractivity contribution in [1.82, 2.24) is 35.1 Å². The van der Waals surface area contributed by atoms with Crippen molar-refractivity contribution < 1.29 is 4.79 Å². The van der Waals surface area contributed by atoms with Crippen LogP contribution in [-0.2, 0) is 11.3 Å². The van der Waals surface area contributed by atoms with E-state index in [1.807, 2.05) is 12.1 Å². The average molecular weight is 442 g/mol. The minimum Gasteiger partial charge on any atom is -0.355 e. The molecule has 31 heavy (non-hydrogen) atoms. The first-order valence-corrected chi connectivity index (χ1v) is 11.8. The second-order valence-corrected chi connectivity index (χ2v) is 9.43. The molecule has 0 saturated carbocycles. The summed E-state index contributed by atoms with van der Waals surface area (Å²) < 4.78 is 1.43. The molecule has 3 aromatic rings. The number of fused-ring (bicyclic) bond motifs is 1. The van der Waals surface area contributed by atoms with Crippen LogP contribution < -0.4 is 10.2 Å². The lowest BCUT2D eigenvalue weighted by Crippen LogP contribution is -2.38. The number of nitrogens with one attached hydrogen (secondary N) is 1. The first kappa shape index (κ1) is 20.3. The van der Waals surface area contributed by atoms with E-state index in [9.17, 15) is 4.79 Å². The molecule has 10 nitrogen and oxygen atoms in total. The molecule has 0 radical (unpaired) electrons. The number of nitrogens with zero attached hydrogens (tertiary/aromatic N) is 8. The van der Waals surface area contributed by atoms with Crippen LogP contribution in [0.15, 0.2) is 17.5 Å². The Balaban J connectivity index is 1.12. The van der Waals surface area contributed by atoms with Crippen LogP contribution in [0.3, 0.4) is 0 Å². The number of aromatic nitrogens is 6. The second-order valence-electron chi connectivity index (χ2n) is 8.57. The summed E-state index contributed by atoms with van der Waals surface area (Å²) in [6, 6.07) is 3.78. The molecule has 0 aliphatic carbocycles. The number of rotatable bonds is 5. The zero-order valence-corrected chi connectivity index (χ0v) is 18.5. The Hall–Kier alpha value is -2.66. The Morgan fingerprint density at radius 2 is 1.97 bits per heavy atom. The third-order valence-corrected chi connectivity index (χ3v) is 7.10. The van der Waals surface area contributed by atoms with Crippen molar-refractivity contribution in [2.24, 2.45) is 11.8 Å². The van der Waals surface area contributed by atoms with E-state index < -0.39 is 0 Å². The molecular weight excluding hydrogens is 414 g/mol. The summed E-state index contributed by atoms with van der Waals surface area (Å²) in [4.78, 5) is 22.0. The topological polar surface area (TPSA) is 104 Å². The van der Waals surface area contributed by atoms with Crippen molar-refractivity contribution in [3.8, 4) is 0 Å². The second kappa shape index (κ2) is 8.83. The van der Waals surface area contributed by atoms with Gasteiger partial charge in [0, 0.05) is 30.9 Å². The number of tetrazole rings is 1. The normalized spacial score (nSPS) is 19.2. The molecule has 1 amide bonds.